The summed E-state index contributed by atoms with van der Waals surface area (Å²) in [6.07, 6.45) is 3.12. The predicted molar refractivity (Wildman–Crippen MR) is 109 cm³/mol. The Morgan fingerprint density at radius 2 is 2.07 bits per heavy atom. The topological polar surface area (TPSA) is 79.8 Å². The quantitative estimate of drug-likeness (QED) is 0.367. The average Bonchev–Trinajstić information content (AvgIpc) is 2.66. The number of hydrogen-bond donors (Lipinski definition) is 2. The standard InChI is InChI=1S/C19H17BrClN3O3/c1-2-8-27-16-6-7-17(20)14(10-16)11-23-24-18(25)12-22-19(26)13-4-3-5-15(21)9-13/h2-7,9-11H,1,8,12H2,(H,22,26)(H,24,25)/b23-11+. The zero-order chi connectivity index (χ0) is 19.6. The molecular formula is C19H17BrClN3O3. The molecule has 0 atom stereocenters. The lowest BCUT2D eigenvalue weighted by atomic mass is 10.2. The Balaban J connectivity index is 1.86. The lowest BCUT2D eigenvalue weighted by Crippen LogP contribution is -2.34. The summed E-state index contributed by atoms with van der Waals surface area (Å²) in [6, 6.07) is 11.8. The van der Waals surface area contributed by atoms with E-state index < -0.39 is 11.8 Å². The Hall–Kier alpha value is -2.64. The Bertz CT molecular complexity index is 871. The van der Waals surface area contributed by atoms with Crippen LogP contribution in [0, 0.1) is 0 Å². The van der Waals surface area contributed by atoms with Gasteiger partial charge in [0.1, 0.15) is 12.4 Å². The molecule has 0 aliphatic carbocycles. The van der Waals surface area contributed by atoms with Crippen LogP contribution in [-0.2, 0) is 4.79 Å². The zero-order valence-electron chi connectivity index (χ0n) is 14.2. The number of hydrazone groups is 1. The number of hydrogen-bond acceptors (Lipinski definition) is 4. The molecule has 8 heteroatoms. The summed E-state index contributed by atoms with van der Waals surface area (Å²) in [6.45, 7) is 3.77. The van der Waals surface area contributed by atoms with Gasteiger partial charge in [-0.05, 0) is 36.4 Å². The van der Waals surface area contributed by atoms with Gasteiger partial charge in [-0.15, -0.1) is 0 Å². The molecule has 0 spiro atoms. The maximum Gasteiger partial charge on any atom is 0.259 e. The van der Waals surface area contributed by atoms with Crippen LogP contribution in [0.5, 0.6) is 5.75 Å². The van der Waals surface area contributed by atoms with Crippen molar-refractivity contribution in [3.8, 4) is 5.75 Å². The van der Waals surface area contributed by atoms with Gasteiger partial charge >= 0.3 is 0 Å². The Labute approximate surface area is 170 Å². The van der Waals surface area contributed by atoms with E-state index in [1.165, 1.54) is 12.3 Å². The Kier molecular flexibility index (Phi) is 8.03. The number of benzene rings is 2. The lowest BCUT2D eigenvalue weighted by Gasteiger charge is -2.06. The molecule has 0 saturated carbocycles. The molecule has 2 amide bonds. The van der Waals surface area contributed by atoms with Crippen LogP contribution in [0.3, 0.4) is 0 Å². The van der Waals surface area contributed by atoms with E-state index >= 15 is 0 Å². The Morgan fingerprint density at radius 1 is 1.26 bits per heavy atom. The van der Waals surface area contributed by atoms with E-state index in [4.69, 9.17) is 16.3 Å². The molecule has 2 aromatic rings. The zero-order valence-corrected chi connectivity index (χ0v) is 16.6. The van der Waals surface area contributed by atoms with Gasteiger partial charge in [-0.1, -0.05) is 46.3 Å². The van der Waals surface area contributed by atoms with Gasteiger partial charge in [0.25, 0.3) is 11.8 Å². The SMILES string of the molecule is C=CCOc1ccc(Br)c(/C=N/NC(=O)CNC(=O)c2cccc(Cl)c2)c1. The van der Waals surface area contributed by atoms with Crippen LogP contribution in [0.2, 0.25) is 5.02 Å². The highest BCUT2D eigenvalue weighted by molar-refractivity contribution is 9.10. The first-order valence-corrected chi connectivity index (χ1v) is 9.05. The summed E-state index contributed by atoms with van der Waals surface area (Å²) < 4.78 is 6.24. The maximum atomic E-state index is 11.9. The van der Waals surface area contributed by atoms with Gasteiger partial charge < -0.3 is 10.1 Å². The van der Waals surface area contributed by atoms with E-state index in [1.807, 2.05) is 6.07 Å². The fraction of sp³-hybridized carbons (Fsp3) is 0.105. The minimum Gasteiger partial charge on any atom is -0.490 e. The Morgan fingerprint density at radius 3 is 2.81 bits per heavy atom. The number of ether oxygens (including phenoxy) is 1. The van der Waals surface area contributed by atoms with Gasteiger partial charge in [0.15, 0.2) is 0 Å². The molecule has 0 aliphatic rings. The van der Waals surface area contributed by atoms with Gasteiger partial charge in [0, 0.05) is 20.6 Å². The van der Waals surface area contributed by atoms with Crippen molar-refractivity contribution in [3.63, 3.8) is 0 Å². The fourth-order valence-corrected chi connectivity index (χ4v) is 2.51. The van der Waals surface area contributed by atoms with Crippen molar-refractivity contribution in [2.24, 2.45) is 5.10 Å². The largest absolute Gasteiger partial charge is 0.490 e. The van der Waals surface area contributed by atoms with Crippen molar-refractivity contribution < 1.29 is 14.3 Å². The smallest absolute Gasteiger partial charge is 0.259 e. The summed E-state index contributed by atoms with van der Waals surface area (Å²) in [7, 11) is 0. The predicted octanol–water partition coefficient (Wildman–Crippen LogP) is 3.55. The van der Waals surface area contributed by atoms with Crippen LogP contribution in [0.1, 0.15) is 15.9 Å². The van der Waals surface area contributed by atoms with Crippen molar-refractivity contribution in [1.29, 1.82) is 0 Å². The van der Waals surface area contributed by atoms with Crippen molar-refractivity contribution in [3.05, 3.63) is 75.7 Å². The van der Waals surface area contributed by atoms with Gasteiger partial charge in [-0.3, -0.25) is 9.59 Å². The fourth-order valence-electron chi connectivity index (χ4n) is 1.97. The van der Waals surface area contributed by atoms with Crippen molar-refractivity contribution in [1.82, 2.24) is 10.7 Å². The summed E-state index contributed by atoms with van der Waals surface area (Å²) in [4.78, 5) is 23.8. The van der Waals surface area contributed by atoms with Crippen molar-refractivity contribution in [2.45, 2.75) is 0 Å². The molecule has 2 N–H and O–H groups in total. The highest BCUT2D eigenvalue weighted by Crippen LogP contribution is 2.21. The third-order valence-electron chi connectivity index (χ3n) is 3.22. The molecule has 0 unspecified atom stereocenters. The number of amides is 2. The van der Waals surface area contributed by atoms with Crippen molar-refractivity contribution in [2.75, 3.05) is 13.2 Å². The van der Waals surface area contributed by atoms with Gasteiger partial charge in [0.05, 0.1) is 12.8 Å². The van der Waals surface area contributed by atoms with Crippen LogP contribution >= 0.6 is 27.5 Å². The van der Waals surface area contributed by atoms with Crippen molar-refractivity contribution >= 4 is 45.6 Å². The molecule has 0 radical (unpaired) electrons. The first-order valence-electron chi connectivity index (χ1n) is 7.88. The van der Waals surface area contributed by atoms with E-state index in [0.29, 0.717) is 22.9 Å². The number of halogens is 2. The minimum absolute atomic E-state index is 0.216. The molecule has 0 bridgehead atoms. The highest BCUT2D eigenvalue weighted by atomic mass is 79.9. The summed E-state index contributed by atoms with van der Waals surface area (Å²) in [5, 5.41) is 6.83. The summed E-state index contributed by atoms with van der Waals surface area (Å²) >= 11 is 9.23. The first-order chi connectivity index (χ1) is 13.0. The molecule has 0 aliphatic heterocycles. The molecule has 2 rings (SSSR count). The molecule has 27 heavy (non-hydrogen) atoms. The molecule has 6 nitrogen and oxygen atoms in total. The van der Waals surface area contributed by atoms with Crippen LogP contribution in [0.4, 0.5) is 0 Å². The number of carbonyl (C=O) groups is 2. The second kappa shape index (κ2) is 10.5. The molecule has 0 aromatic heterocycles. The third-order valence-corrected chi connectivity index (χ3v) is 4.18. The van der Waals surface area contributed by atoms with Gasteiger partial charge in [-0.2, -0.15) is 5.10 Å². The van der Waals surface area contributed by atoms with Crippen LogP contribution < -0.4 is 15.5 Å². The molecule has 140 valence electrons. The summed E-state index contributed by atoms with van der Waals surface area (Å²) in [5.74, 6) is -0.206. The van der Waals surface area contributed by atoms with E-state index in [9.17, 15) is 9.59 Å². The first kappa shape index (κ1) is 20.7. The van der Waals surface area contributed by atoms with Gasteiger partial charge in [-0.25, -0.2) is 5.43 Å². The van der Waals surface area contributed by atoms with Crippen LogP contribution in [0.25, 0.3) is 0 Å². The molecule has 0 fully saturated rings. The molecule has 2 aromatic carbocycles. The average molecular weight is 451 g/mol. The molecule has 0 saturated heterocycles. The number of carbonyl (C=O) groups excluding carboxylic acids is 2. The van der Waals surface area contributed by atoms with E-state index in [0.717, 1.165) is 10.0 Å². The number of nitrogens with one attached hydrogen (secondary N) is 2. The molecular weight excluding hydrogens is 434 g/mol. The van der Waals surface area contributed by atoms with Crippen LogP contribution in [0.15, 0.2) is 64.7 Å². The number of nitrogens with zero attached hydrogens (tertiary/aromatic N) is 1. The summed E-state index contributed by atoms with van der Waals surface area (Å²) in [5.41, 5.74) is 3.45. The lowest BCUT2D eigenvalue weighted by molar-refractivity contribution is -0.120. The van der Waals surface area contributed by atoms with Crippen LogP contribution in [-0.4, -0.2) is 31.2 Å². The highest BCUT2D eigenvalue weighted by Gasteiger charge is 2.08. The normalized spacial score (nSPS) is 10.4. The minimum atomic E-state index is -0.461. The third kappa shape index (κ3) is 6.88. The second-order valence-corrected chi connectivity index (χ2v) is 6.56. The van der Waals surface area contributed by atoms with E-state index in [-0.39, 0.29) is 6.54 Å². The number of rotatable bonds is 8. The van der Waals surface area contributed by atoms with E-state index in [1.54, 1.807) is 36.4 Å². The second-order valence-electron chi connectivity index (χ2n) is 5.27. The molecule has 0 heterocycles. The van der Waals surface area contributed by atoms with Gasteiger partial charge in [0.2, 0.25) is 0 Å². The monoisotopic (exact) mass is 449 g/mol. The maximum absolute atomic E-state index is 11.9. The van der Waals surface area contributed by atoms with E-state index in [2.05, 4.69) is 38.4 Å².